The van der Waals surface area contributed by atoms with Gasteiger partial charge in [-0.25, -0.2) is 9.97 Å². The maximum absolute atomic E-state index is 12.5. The highest BCUT2D eigenvalue weighted by molar-refractivity contribution is 5.92. The van der Waals surface area contributed by atoms with Gasteiger partial charge >= 0.3 is 0 Å². The summed E-state index contributed by atoms with van der Waals surface area (Å²) in [7, 11) is 0. The molecule has 0 aliphatic carbocycles. The average Bonchev–Trinajstić information content (AvgIpc) is 2.91. The largest absolute Gasteiger partial charge is 0.352 e. The number of carbonyl (C=O) groups excluding carboxylic acids is 2. The predicted octanol–water partition coefficient (Wildman–Crippen LogP) is 1.16. The maximum atomic E-state index is 12.5. The molecule has 2 fully saturated rings. The van der Waals surface area contributed by atoms with E-state index >= 15 is 0 Å². The first-order chi connectivity index (χ1) is 11.6. The van der Waals surface area contributed by atoms with Crippen LogP contribution in [0.2, 0.25) is 0 Å². The standard InChI is InChI=1S/C17H25N5O2/c1-14(23)20-8-10-21(11-9-20)16-13-18-15(12-19-16)17(24)22-6-4-2-3-5-7-22/h12-13H,2-11H2,1H3. The number of carbonyl (C=O) groups is 2. The maximum Gasteiger partial charge on any atom is 0.274 e. The van der Waals surface area contributed by atoms with Gasteiger partial charge in [-0.3, -0.25) is 9.59 Å². The smallest absolute Gasteiger partial charge is 0.274 e. The van der Waals surface area contributed by atoms with Crippen LogP contribution >= 0.6 is 0 Å². The van der Waals surface area contributed by atoms with Gasteiger partial charge < -0.3 is 14.7 Å². The second-order valence-corrected chi connectivity index (χ2v) is 6.46. The van der Waals surface area contributed by atoms with Crippen molar-refractivity contribution < 1.29 is 9.59 Å². The molecule has 0 unspecified atom stereocenters. The molecule has 1 aromatic heterocycles. The minimum absolute atomic E-state index is 0.0163. The summed E-state index contributed by atoms with van der Waals surface area (Å²) in [6.07, 6.45) is 7.78. The molecule has 3 heterocycles. The number of nitrogens with zero attached hydrogens (tertiary/aromatic N) is 5. The van der Waals surface area contributed by atoms with Crippen LogP contribution in [-0.2, 0) is 4.79 Å². The highest BCUT2D eigenvalue weighted by atomic mass is 16.2. The monoisotopic (exact) mass is 331 g/mol. The Morgan fingerprint density at radius 2 is 1.50 bits per heavy atom. The summed E-state index contributed by atoms with van der Waals surface area (Å²) >= 11 is 0. The number of hydrogen-bond acceptors (Lipinski definition) is 5. The molecule has 0 spiro atoms. The lowest BCUT2D eigenvalue weighted by Gasteiger charge is -2.34. The van der Waals surface area contributed by atoms with Crippen LogP contribution in [-0.4, -0.2) is 70.9 Å². The number of amides is 2. The summed E-state index contributed by atoms with van der Waals surface area (Å²) in [6, 6.07) is 0. The van der Waals surface area contributed by atoms with E-state index < -0.39 is 0 Å². The summed E-state index contributed by atoms with van der Waals surface area (Å²) in [6.45, 7) is 6.11. The summed E-state index contributed by atoms with van der Waals surface area (Å²) in [5.74, 6) is 0.863. The minimum Gasteiger partial charge on any atom is -0.352 e. The van der Waals surface area contributed by atoms with Crippen LogP contribution in [0.25, 0.3) is 0 Å². The first kappa shape index (κ1) is 16.7. The molecule has 0 saturated carbocycles. The molecular weight excluding hydrogens is 306 g/mol. The molecular formula is C17H25N5O2. The first-order valence-electron chi connectivity index (χ1n) is 8.77. The van der Waals surface area contributed by atoms with E-state index in [4.69, 9.17) is 0 Å². The van der Waals surface area contributed by atoms with E-state index in [2.05, 4.69) is 14.9 Å². The lowest BCUT2D eigenvalue weighted by molar-refractivity contribution is -0.129. The van der Waals surface area contributed by atoms with Crippen LogP contribution in [0.3, 0.4) is 0 Å². The fourth-order valence-electron chi connectivity index (χ4n) is 3.28. The third-order valence-electron chi connectivity index (χ3n) is 4.80. The Labute approximate surface area is 142 Å². The molecule has 3 rings (SSSR count). The molecule has 24 heavy (non-hydrogen) atoms. The first-order valence-corrected chi connectivity index (χ1v) is 8.77. The van der Waals surface area contributed by atoms with Gasteiger partial charge in [0.1, 0.15) is 11.5 Å². The zero-order chi connectivity index (χ0) is 16.9. The van der Waals surface area contributed by atoms with Crippen molar-refractivity contribution in [1.82, 2.24) is 19.8 Å². The Morgan fingerprint density at radius 3 is 2.04 bits per heavy atom. The van der Waals surface area contributed by atoms with E-state index in [1.165, 1.54) is 12.8 Å². The Hall–Kier alpha value is -2.18. The zero-order valence-electron chi connectivity index (χ0n) is 14.3. The fraction of sp³-hybridized carbons (Fsp3) is 0.647. The summed E-state index contributed by atoms with van der Waals surface area (Å²) < 4.78 is 0. The molecule has 0 bridgehead atoms. The van der Waals surface area contributed by atoms with Gasteiger partial charge in [-0.2, -0.15) is 0 Å². The zero-order valence-corrected chi connectivity index (χ0v) is 14.3. The molecule has 7 nitrogen and oxygen atoms in total. The van der Waals surface area contributed by atoms with E-state index in [-0.39, 0.29) is 11.8 Å². The number of rotatable bonds is 2. The Kier molecular flexibility index (Phi) is 5.27. The van der Waals surface area contributed by atoms with Crippen LogP contribution in [0.15, 0.2) is 12.4 Å². The number of anilines is 1. The SMILES string of the molecule is CC(=O)N1CCN(c2cnc(C(=O)N3CCCCCC3)cn2)CC1. The van der Waals surface area contributed by atoms with Gasteiger partial charge in [0.15, 0.2) is 0 Å². The Bertz CT molecular complexity index is 573. The quantitative estimate of drug-likeness (QED) is 0.813. The molecule has 2 aliphatic heterocycles. The highest BCUT2D eigenvalue weighted by Crippen LogP contribution is 2.15. The van der Waals surface area contributed by atoms with Gasteiger partial charge in [-0.15, -0.1) is 0 Å². The molecule has 2 amide bonds. The van der Waals surface area contributed by atoms with Crippen molar-refractivity contribution >= 4 is 17.6 Å². The third-order valence-corrected chi connectivity index (χ3v) is 4.80. The molecule has 7 heteroatoms. The molecule has 2 aliphatic rings. The van der Waals surface area contributed by atoms with Gasteiger partial charge in [-0.05, 0) is 12.8 Å². The van der Waals surface area contributed by atoms with E-state index in [0.717, 1.165) is 44.8 Å². The summed E-state index contributed by atoms with van der Waals surface area (Å²) in [4.78, 5) is 38.5. The minimum atomic E-state index is -0.0163. The van der Waals surface area contributed by atoms with Crippen molar-refractivity contribution in [2.24, 2.45) is 0 Å². The van der Waals surface area contributed by atoms with Gasteiger partial charge in [0.25, 0.3) is 5.91 Å². The van der Waals surface area contributed by atoms with Crippen LogP contribution in [0.5, 0.6) is 0 Å². The number of likely N-dealkylation sites (tertiary alicyclic amines) is 1. The van der Waals surface area contributed by atoms with E-state index in [1.807, 2.05) is 9.80 Å². The number of hydrogen-bond donors (Lipinski definition) is 0. The molecule has 0 aromatic carbocycles. The lowest BCUT2D eigenvalue weighted by Crippen LogP contribution is -2.48. The molecule has 0 N–H and O–H groups in total. The fourth-order valence-corrected chi connectivity index (χ4v) is 3.28. The van der Waals surface area contributed by atoms with E-state index in [9.17, 15) is 9.59 Å². The van der Waals surface area contributed by atoms with Gasteiger partial charge in [0.05, 0.1) is 12.4 Å². The molecule has 2 saturated heterocycles. The van der Waals surface area contributed by atoms with Crippen molar-refractivity contribution in [1.29, 1.82) is 0 Å². The van der Waals surface area contributed by atoms with Crippen molar-refractivity contribution in [3.05, 3.63) is 18.1 Å². The predicted molar refractivity (Wildman–Crippen MR) is 90.9 cm³/mol. The Balaban J connectivity index is 1.61. The second kappa shape index (κ2) is 7.59. The van der Waals surface area contributed by atoms with Gasteiger partial charge in [0.2, 0.25) is 5.91 Å². The van der Waals surface area contributed by atoms with E-state index in [1.54, 1.807) is 19.3 Å². The van der Waals surface area contributed by atoms with Crippen molar-refractivity contribution in [2.45, 2.75) is 32.6 Å². The van der Waals surface area contributed by atoms with E-state index in [0.29, 0.717) is 18.8 Å². The second-order valence-electron chi connectivity index (χ2n) is 6.46. The average molecular weight is 331 g/mol. The van der Waals surface area contributed by atoms with Crippen LogP contribution in [0.1, 0.15) is 43.1 Å². The molecule has 130 valence electrons. The van der Waals surface area contributed by atoms with Crippen molar-refractivity contribution in [3.63, 3.8) is 0 Å². The summed E-state index contributed by atoms with van der Waals surface area (Å²) in [5, 5.41) is 0. The van der Waals surface area contributed by atoms with Crippen molar-refractivity contribution in [3.8, 4) is 0 Å². The van der Waals surface area contributed by atoms with Gasteiger partial charge in [0, 0.05) is 46.2 Å². The molecule has 1 aromatic rings. The van der Waals surface area contributed by atoms with Crippen LogP contribution in [0.4, 0.5) is 5.82 Å². The molecule has 0 radical (unpaired) electrons. The highest BCUT2D eigenvalue weighted by Gasteiger charge is 2.22. The summed E-state index contributed by atoms with van der Waals surface area (Å²) in [5.41, 5.74) is 0.419. The normalized spacial score (nSPS) is 19.1. The molecule has 0 atom stereocenters. The number of aromatic nitrogens is 2. The number of piperazine rings is 1. The third kappa shape index (κ3) is 3.83. The Morgan fingerprint density at radius 1 is 0.833 bits per heavy atom. The van der Waals surface area contributed by atoms with Crippen LogP contribution < -0.4 is 4.90 Å². The van der Waals surface area contributed by atoms with Crippen molar-refractivity contribution in [2.75, 3.05) is 44.2 Å². The topological polar surface area (TPSA) is 69.6 Å². The lowest BCUT2D eigenvalue weighted by atomic mass is 10.2. The van der Waals surface area contributed by atoms with Crippen LogP contribution in [0, 0.1) is 0 Å². The van der Waals surface area contributed by atoms with Gasteiger partial charge in [-0.1, -0.05) is 12.8 Å².